The zero-order valence-corrected chi connectivity index (χ0v) is 12.1. The molecule has 2 aliphatic rings. The van der Waals surface area contributed by atoms with Crippen LogP contribution in [-0.2, 0) is 0 Å². The molecule has 2 heterocycles. The fourth-order valence-electron chi connectivity index (χ4n) is 3.27. The minimum Gasteiger partial charge on any atom is -0.353 e. The monoisotopic (exact) mass is 260 g/mol. The first kappa shape index (κ1) is 12.9. The van der Waals surface area contributed by atoms with Gasteiger partial charge < -0.3 is 4.90 Å². The van der Waals surface area contributed by atoms with Crippen LogP contribution in [0.15, 0.2) is 6.07 Å². The number of piperazine rings is 1. The van der Waals surface area contributed by atoms with E-state index < -0.39 is 0 Å². The molecule has 4 nitrogen and oxygen atoms in total. The van der Waals surface area contributed by atoms with E-state index in [-0.39, 0.29) is 0 Å². The lowest BCUT2D eigenvalue weighted by Gasteiger charge is -2.38. The molecular formula is C15H24N4. The third-order valence-electron chi connectivity index (χ3n) is 4.70. The van der Waals surface area contributed by atoms with E-state index in [9.17, 15) is 0 Å². The summed E-state index contributed by atoms with van der Waals surface area (Å²) in [6.07, 6.45) is 5.66. The van der Waals surface area contributed by atoms with Crippen LogP contribution in [0.5, 0.6) is 0 Å². The van der Waals surface area contributed by atoms with Crippen LogP contribution < -0.4 is 4.90 Å². The topological polar surface area (TPSA) is 32.3 Å². The molecular weight excluding hydrogens is 236 g/mol. The maximum Gasteiger partial charge on any atom is 0.151 e. The zero-order chi connectivity index (χ0) is 13.2. The molecule has 1 aromatic rings. The summed E-state index contributed by atoms with van der Waals surface area (Å²) in [5, 5.41) is 8.59. The minimum atomic E-state index is 0.855. The van der Waals surface area contributed by atoms with Gasteiger partial charge in [0.1, 0.15) is 0 Å². The van der Waals surface area contributed by atoms with E-state index >= 15 is 0 Å². The van der Waals surface area contributed by atoms with Crippen molar-refractivity contribution in [2.75, 3.05) is 31.1 Å². The number of aromatic nitrogens is 2. The van der Waals surface area contributed by atoms with Crippen LogP contribution in [0.25, 0.3) is 0 Å². The molecule has 0 bridgehead atoms. The summed E-state index contributed by atoms with van der Waals surface area (Å²) in [4.78, 5) is 5.06. The molecule has 1 aliphatic heterocycles. The summed E-state index contributed by atoms with van der Waals surface area (Å²) in [5.74, 6) is 1.05. The summed E-state index contributed by atoms with van der Waals surface area (Å²) in [7, 11) is 0. The van der Waals surface area contributed by atoms with E-state index in [0.717, 1.165) is 30.6 Å². The molecule has 0 unspecified atom stereocenters. The van der Waals surface area contributed by atoms with Crippen LogP contribution in [0.1, 0.15) is 36.9 Å². The molecule has 0 spiro atoms. The number of aryl methyl sites for hydroxylation is 2. The van der Waals surface area contributed by atoms with Gasteiger partial charge in [-0.05, 0) is 38.3 Å². The molecule has 3 rings (SSSR count). The second-order valence-electron chi connectivity index (χ2n) is 5.93. The Morgan fingerprint density at radius 3 is 2.32 bits per heavy atom. The van der Waals surface area contributed by atoms with Gasteiger partial charge in [-0.3, -0.25) is 4.90 Å². The number of rotatable bonds is 2. The van der Waals surface area contributed by atoms with E-state index in [1.54, 1.807) is 0 Å². The Balaban J connectivity index is 1.61. The van der Waals surface area contributed by atoms with Crippen molar-refractivity contribution in [1.29, 1.82) is 0 Å². The quantitative estimate of drug-likeness (QED) is 0.815. The Morgan fingerprint density at radius 2 is 1.68 bits per heavy atom. The van der Waals surface area contributed by atoms with Gasteiger partial charge in [-0.15, -0.1) is 5.10 Å². The van der Waals surface area contributed by atoms with E-state index in [2.05, 4.69) is 33.0 Å². The van der Waals surface area contributed by atoms with E-state index in [0.29, 0.717) is 0 Å². The number of hydrogen-bond acceptors (Lipinski definition) is 4. The van der Waals surface area contributed by atoms with Gasteiger partial charge in [0.05, 0.1) is 5.69 Å². The molecule has 0 aromatic carbocycles. The number of anilines is 1. The SMILES string of the molecule is Cc1cc(N2CCN(C3CCCC3)CC2)nnc1C. The van der Waals surface area contributed by atoms with Crippen LogP contribution in [0.2, 0.25) is 0 Å². The van der Waals surface area contributed by atoms with Crippen molar-refractivity contribution in [2.45, 2.75) is 45.6 Å². The second-order valence-corrected chi connectivity index (χ2v) is 5.93. The highest BCUT2D eigenvalue weighted by Crippen LogP contribution is 2.25. The van der Waals surface area contributed by atoms with Crippen molar-refractivity contribution < 1.29 is 0 Å². The lowest BCUT2D eigenvalue weighted by atomic mass is 10.1. The molecule has 1 aliphatic carbocycles. The molecule has 0 radical (unpaired) electrons. The van der Waals surface area contributed by atoms with Crippen molar-refractivity contribution in [3.63, 3.8) is 0 Å². The van der Waals surface area contributed by atoms with Crippen LogP contribution in [0, 0.1) is 13.8 Å². The summed E-state index contributed by atoms with van der Waals surface area (Å²) in [5.41, 5.74) is 2.27. The van der Waals surface area contributed by atoms with Gasteiger partial charge in [0.25, 0.3) is 0 Å². The van der Waals surface area contributed by atoms with Gasteiger partial charge in [-0.25, -0.2) is 0 Å². The van der Waals surface area contributed by atoms with Crippen molar-refractivity contribution >= 4 is 5.82 Å². The van der Waals surface area contributed by atoms with Crippen molar-refractivity contribution in [1.82, 2.24) is 15.1 Å². The zero-order valence-electron chi connectivity index (χ0n) is 12.1. The minimum absolute atomic E-state index is 0.855. The summed E-state index contributed by atoms with van der Waals surface area (Å²) in [6, 6.07) is 3.03. The summed E-state index contributed by atoms with van der Waals surface area (Å²) in [6.45, 7) is 8.67. The van der Waals surface area contributed by atoms with Gasteiger partial charge in [0, 0.05) is 32.2 Å². The maximum atomic E-state index is 4.34. The fourth-order valence-corrected chi connectivity index (χ4v) is 3.27. The van der Waals surface area contributed by atoms with Crippen LogP contribution in [0.4, 0.5) is 5.82 Å². The molecule has 1 saturated heterocycles. The van der Waals surface area contributed by atoms with Gasteiger partial charge in [0.15, 0.2) is 5.82 Å². The lowest BCUT2D eigenvalue weighted by molar-refractivity contribution is 0.187. The van der Waals surface area contributed by atoms with Crippen molar-refractivity contribution in [3.8, 4) is 0 Å². The Labute approximate surface area is 115 Å². The smallest absolute Gasteiger partial charge is 0.151 e. The lowest BCUT2D eigenvalue weighted by Crippen LogP contribution is -2.50. The average Bonchev–Trinajstić information content (AvgIpc) is 2.96. The van der Waals surface area contributed by atoms with Crippen molar-refractivity contribution in [2.24, 2.45) is 0 Å². The van der Waals surface area contributed by atoms with Crippen LogP contribution in [-0.4, -0.2) is 47.3 Å². The predicted molar refractivity (Wildman–Crippen MR) is 77.5 cm³/mol. The van der Waals surface area contributed by atoms with Gasteiger partial charge in [0.2, 0.25) is 0 Å². The predicted octanol–water partition coefficient (Wildman–Crippen LogP) is 2.16. The largest absolute Gasteiger partial charge is 0.353 e. The second kappa shape index (κ2) is 5.45. The average molecular weight is 260 g/mol. The highest BCUT2D eigenvalue weighted by molar-refractivity contribution is 5.41. The molecule has 0 atom stereocenters. The Hall–Kier alpha value is -1.16. The summed E-state index contributed by atoms with van der Waals surface area (Å²) >= 11 is 0. The molecule has 1 aromatic heterocycles. The molecule has 0 N–H and O–H groups in total. The molecule has 4 heteroatoms. The van der Waals surface area contributed by atoms with E-state index in [1.807, 2.05) is 6.92 Å². The number of nitrogens with zero attached hydrogens (tertiary/aromatic N) is 4. The highest BCUT2D eigenvalue weighted by Gasteiger charge is 2.26. The Kier molecular flexibility index (Phi) is 3.69. The highest BCUT2D eigenvalue weighted by atomic mass is 15.3. The standard InChI is InChI=1S/C15H24N4/c1-12-11-15(17-16-13(12)2)19-9-7-18(8-10-19)14-5-3-4-6-14/h11,14H,3-10H2,1-2H3. The van der Waals surface area contributed by atoms with Crippen molar-refractivity contribution in [3.05, 3.63) is 17.3 Å². The molecule has 19 heavy (non-hydrogen) atoms. The van der Waals surface area contributed by atoms with Crippen LogP contribution >= 0.6 is 0 Å². The fraction of sp³-hybridized carbons (Fsp3) is 0.733. The van der Waals surface area contributed by atoms with E-state index in [1.165, 1.54) is 44.3 Å². The Morgan fingerprint density at radius 1 is 1.00 bits per heavy atom. The molecule has 1 saturated carbocycles. The van der Waals surface area contributed by atoms with Gasteiger partial charge >= 0.3 is 0 Å². The molecule has 104 valence electrons. The third kappa shape index (κ3) is 2.73. The maximum absolute atomic E-state index is 4.34. The van der Waals surface area contributed by atoms with E-state index in [4.69, 9.17) is 0 Å². The first-order chi connectivity index (χ1) is 9.24. The third-order valence-corrected chi connectivity index (χ3v) is 4.70. The number of hydrogen-bond donors (Lipinski definition) is 0. The Bertz CT molecular complexity index is 432. The molecule has 2 fully saturated rings. The first-order valence-electron chi connectivity index (χ1n) is 7.54. The summed E-state index contributed by atoms with van der Waals surface area (Å²) < 4.78 is 0. The first-order valence-corrected chi connectivity index (χ1v) is 7.54. The van der Waals surface area contributed by atoms with Crippen LogP contribution in [0.3, 0.4) is 0 Å². The van der Waals surface area contributed by atoms with Gasteiger partial charge in [-0.1, -0.05) is 12.8 Å². The van der Waals surface area contributed by atoms with Gasteiger partial charge in [-0.2, -0.15) is 5.10 Å². The normalized spacial score (nSPS) is 22.1. The molecule has 0 amide bonds.